The summed E-state index contributed by atoms with van der Waals surface area (Å²) in [5, 5.41) is 10.6. The maximum absolute atomic E-state index is 10.6. The van der Waals surface area contributed by atoms with E-state index in [4.69, 9.17) is 14.2 Å². The third kappa shape index (κ3) is 3.61. The number of aliphatic hydroxyl groups excluding tert-OH is 1. The van der Waals surface area contributed by atoms with Crippen LogP contribution in [0, 0.1) is 5.41 Å². The van der Waals surface area contributed by atoms with E-state index >= 15 is 0 Å². The zero-order valence-electron chi connectivity index (χ0n) is 14.7. The van der Waals surface area contributed by atoms with Crippen molar-refractivity contribution in [3.8, 4) is 0 Å². The van der Waals surface area contributed by atoms with Gasteiger partial charge in [-0.15, -0.1) is 0 Å². The van der Waals surface area contributed by atoms with Gasteiger partial charge in [0.1, 0.15) is 6.79 Å². The monoisotopic (exact) mass is 322 g/mol. The van der Waals surface area contributed by atoms with E-state index in [1.54, 1.807) is 7.11 Å². The molecule has 2 atom stereocenters. The van der Waals surface area contributed by atoms with Crippen LogP contribution < -0.4 is 0 Å². The van der Waals surface area contributed by atoms with Gasteiger partial charge in [0.2, 0.25) is 0 Å². The van der Waals surface area contributed by atoms with Crippen LogP contribution in [-0.4, -0.2) is 43.9 Å². The van der Waals surface area contributed by atoms with E-state index in [9.17, 15) is 5.11 Å². The quantitative estimate of drug-likeness (QED) is 0.463. The Hall–Kier alpha value is -0.940. The van der Waals surface area contributed by atoms with Crippen LogP contribution in [0.2, 0.25) is 0 Å². The van der Waals surface area contributed by atoms with Gasteiger partial charge in [-0.1, -0.05) is 33.1 Å². The number of ether oxygens (including phenoxy) is 3. The number of hydrogen-bond acceptors (Lipinski definition) is 4. The average molecular weight is 322 g/mol. The van der Waals surface area contributed by atoms with E-state index in [1.165, 1.54) is 0 Å². The van der Waals surface area contributed by atoms with Crippen LogP contribution in [0.3, 0.4) is 0 Å². The van der Waals surface area contributed by atoms with Gasteiger partial charge in [0.15, 0.2) is 0 Å². The molecule has 130 valence electrons. The van der Waals surface area contributed by atoms with Crippen molar-refractivity contribution in [1.29, 1.82) is 0 Å². The molecular formula is C19H30O4. The van der Waals surface area contributed by atoms with Crippen molar-refractivity contribution in [2.45, 2.75) is 51.2 Å². The molecule has 0 aromatic carbocycles. The second-order valence-electron chi connectivity index (χ2n) is 7.08. The highest BCUT2D eigenvalue weighted by Gasteiger charge is 2.52. The number of hydrogen-bond donors (Lipinski definition) is 1. The van der Waals surface area contributed by atoms with Crippen molar-refractivity contribution < 1.29 is 19.3 Å². The van der Waals surface area contributed by atoms with E-state index in [-0.39, 0.29) is 12.2 Å². The van der Waals surface area contributed by atoms with Crippen molar-refractivity contribution in [2.24, 2.45) is 5.41 Å². The molecule has 1 N–H and O–H groups in total. The van der Waals surface area contributed by atoms with Crippen molar-refractivity contribution in [3.05, 3.63) is 36.0 Å². The molecule has 0 amide bonds. The van der Waals surface area contributed by atoms with Gasteiger partial charge < -0.3 is 19.3 Å². The minimum Gasteiger partial charge on any atom is -0.388 e. The maximum atomic E-state index is 10.6. The van der Waals surface area contributed by atoms with E-state index in [2.05, 4.69) is 33.1 Å². The molecule has 1 fully saturated rings. The molecule has 0 radical (unpaired) electrons. The summed E-state index contributed by atoms with van der Waals surface area (Å²) in [4.78, 5) is 0. The standard InChI is InChI=1S/C19H30O4/c1-14-11-17(20)16-7-6-8-19(12-15(14)2,18(16,3)4)23-13-22-10-9-21-5/h7,17,20H,1-2,6,8-13H2,3-5H3/t17-,19+/m1/s1. The average Bonchev–Trinajstić information content (AvgIpc) is 2.48. The van der Waals surface area contributed by atoms with Gasteiger partial charge in [-0.25, -0.2) is 0 Å². The van der Waals surface area contributed by atoms with Crippen LogP contribution in [0.25, 0.3) is 0 Å². The number of methoxy groups -OCH3 is 1. The Bertz CT molecular complexity index is 492. The summed E-state index contributed by atoms with van der Waals surface area (Å²) in [5.74, 6) is 0. The highest BCUT2D eigenvalue weighted by molar-refractivity contribution is 5.38. The normalized spacial score (nSPS) is 30.6. The fourth-order valence-electron chi connectivity index (χ4n) is 3.77. The minimum atomic E-state index is -0.521. The lowest BCUT2D eigenvalue weighted by atomic mass is 9.58. The molecule has 2 bridgehead atoms. The molecule has 0 aliphatic heterocycles. The number of allylic oxidation sites excluding steroid dienone is 1. The molecule has 23 heavy (non-hydrogen) atoms. The van der Waals surface area contributed by atoms with Crippen molar-refractivity contribution in [2.75, 3.05) is 27.1 Å². The summed E-state index contributed by atoms with van der Waals surface area (Å²) in [5.41, 5.74) is 2.23. The fraction of sp³-hybridized carbons (Fsp3) is 0.684. The molecule has 4 heteroatoms. The third-order valence-corrected chi connectivity index (χ3v) is 5.42. The van der Waals surface area contributed by atoms with Crippen molar-refractivity contribution >= 4 is 0 Å². The zero-order chi connectivity index (χ0) is 17.1. The van der Waals surface area contributed by atoms with E-state index in [0.717, 1.165) is 36.0 Å². The largest absolute Gasteiger partial charge is 0.388 e. The lowest BCUT2D eigenvalue weighted by molar-refractivity contribution is -0.191. The molecule has 0 unspecified atom stereocenters. The van der Waals surface area contributed by atoms with Crippen molar-refractivity contribution in [3.63, 3.8) is 0 Å². The van der Waals surface area contributed by atoms with E-state index < -0.39 is 11.7 Å². The second kappa shape index (κ2) is 7.31. The van der Waals surface area contributed by atoms with Crippen LogP contribution >= 0.6 is 0 Å². The molecule has 1 saturated carbocycles. The van der Waals surface area contributed by atoms with Gasteiger partial charge >= 0.3 is 0 Å². The molecule has 0 saturated heterocycles. The Labute approximate surface area is 139 Å². The highest BCUT2D eigenvalue weighted by Crippen LogP contribution is 2.53. The molecular weight excluding hydrogens is 292 g/mol. The smallest absolute Gasteiger partial charge is 0.147 e. The summed E-state index contributed by atoms with van der Waals surface area (Å²) in [6, 6.07) is 0. The molecule has 0 heterocycles. The first kappa shape index (κ1) is 18.4. The Kier molecular flexibility index (Phi) is 5.84. The Morgan fingerprint density at radius 1 is 1.26 bits per heavy atom. The predicted octanol–water partition coefficient (Wildman–Crippen LogP) is 3.38. The topological polar surface area (TPSA) is 47.9 Å². The minimum absolute atomic E-state index is 0.218. The van der Waals surface area contributed by atoms with Gasteiger partial charge in [0, 0.05) is 25.4 Å². The molecule has 0 aromatic heterocycles. The highest BCUT2D eigenvalue weighted by atomic mass is 16.7. The predicted molar refractivity (Wildman–Crippen MR) is 91.1 cm³/mol. The van der Waals surface area contributed by atoms with Gasteiger partial charge in [-0.05, 0) is 29.6 Å². The third-order valence-electron chi connectivity index (χ3n) is 5.42. The molecule has 0 aromatic rings. The Morgan fingerprint density at radius 3 is 2.70 bits per heavy atom. The lowest BCUT2D eigenvalue weighted by Crippen LogP contribution is -2.53. The second-order valence-corrected chi connectivity index (χ2v) is 7.08. The maximum Gasteiger partial charge on any atom is 0.147 e. The van der Waals surface area contributed by atoms with Crippen LogP contribution in [0.5, 0.6) is 0 Å². The van der Waals surface area contributed by atoms with E-state index in [0.29, 0.717) is 19.6 Å². The van der Waals surface area contributed by atoms with Crippen LogP contribution in [0.15, 0.2) is 36.0 Å². The number of aliphatic hydroxyl groups is 1. The molecule has 0 spiro atoms. The summed E-state index contributed by atoms with van der Waals surface area (Å²) in [7, 11) is 1.65. The van der Waals surface area contributed by atoms with Gasteiger partial charge in [-0.2, -0.15) is 0 Å². The van der Waals surface area contributed by atoms with Gasteiger partial charge in [0.05, 0.1) is 24.9 Å². The Balaban J connectivity index is 2.23. The summed E-state index contributed by atoms with van der Waals surface area (Å²) in [6.07, 6.45) is 4.70. The van der Waals surface area contributed by atoms with E-state index in [1.807, 2.05) is 0 Å². The first-order valence-electron chi connectivity index (χ1n) is 8.29. The molecule has 2 rings (SSSR count). The molecule has 2 aliphatic rings. The summed E-state index contributed by atoms with van der Waals surface area (Å²) < 4.78 is 16.8. The zero-order valence-corrected chi connectivity index (χ0v) is 14.7. The lowest BCUT2D eigenvalue weighted by Gasteiger charge is -2.53. The fourth-order valence-corrected chi connectivity index (χ4v) is 3.77. The van der Waals surface area contributed by atoms with Crippen LogP contribution in [0.1, 0.15) is 39.5 Å². The SMILES string of the molecule is C=C1C[C@@H](O)C2=CCC[C@](OCOCCOC)(CC1=C)C2(C)C. The number of rotatable bonds is 6. The first-order chi connectivity index (χ1) is 10.8. The number of fused-ring (bicyclic) bond motifs is 2. The summed E-state index contributed by atoms with van der Waals surface area (Å²) in [6.45, 7) is 13.8. The van der Waals surface area contributed by atoms with Crippen LogP contribution in [0.4, 0.5) is 0 Å². The first-order valence-corrected chi connectivity index (χ1v) is 8.29. The van der Waals surface area contributed by atoms with Gasteiger partial charge in [0.25, 0.3) is 0 Å². The van der Waals surface area contributed by atoms with Crippen molar-refractivity contribution in [1.82, 2.24) is 0 Å². The summed E-state index contributed by atoms with van der Waals surface area (Å²) >= 11 is 0. The Morgan fingerprint density at radius 2 is 2.00 bits per heavy atom. The molecule has 2 aliphatic carbocycles. The molecule has 4 nitrogen and oxygen atoms in total. The van der Waals surface area contributed by atoms with Gasteiger partial charge in [-0.3, -0.25) is 0 Å². The van der Waals surface area contributed by atoms with Crippen LogP contribution in [-0.2, 0) is 14.2 Å².